The fraction of sp³-hybridized carbons (Fsp3) is 0.632. The van der Waals surface area contributed by atoms with E-state index in [0.717, 1.165) is 41.8 Å². The highest BCUT2D eigenvalue weighted by molar-refractivity contribution is 5.76. The number of aliphatic hydroxyl groups is 2. The summed E-state index contributed by atoms with van der Waals surface area (Å²) in [4.78, 5) is 30.3. The van der Waals surface area contributed by atoms with Crippen LogP contribution in [0.1, 0.15) is 44.0 Å². The normalized spacial score (nSPS) is 13.1. The van der Waals surface area contributed by atoms with E-state index in [1.54, 1.807) is 11.4 Å². The van der Waals surface area contributed by atoms with E-state index in [2.05, 4.69) is 16.5 Å². The van der Waals surface area contributed by atoms with Crippen molar-refractivity contribution in [1.29, 1.82) is 0 Å². The fourth-order valence-corrected chi connectivity index (χ4v) is 3.71. The Hall–Kier alpha value is -2.39. The minimum Gasteiger partial charge on any atom is -0.394 e. The number of rotatable bonds is 8. The van der Waals surface area contributed by atoms with Gasteiger partial charge in [-0.1, -0.05) is 26.2 Å². The first-order valence-corrected chi connectivity index (χ1v) is 9.80. The molecule has 3 heterocycles. The van der Waals surface area contributed by atoms with Gasteiger partial charge in [-0.15, -0.1) is 0 Å². The van der Waals surface area contributed by atoms with Crippen LogP contribution in [-0.2, 0) is 20.1 Å². The minimum atomic E-state index is -1.18. The third-order valence-corrected chi connectivity index (χ3v) is 5.47. The maximum Gasteiger partial charge on any atom is 0.332 e. The van der Waals surface area contributed by atoms with E-state index in [4.69, 9.17) is 5.11 Å². The minimum absolute atomic E-state index is 0.263. The molecular weight excluding hydrogens is 362 g/mol. The van der Waals surface area contributed by atoms with E-state index >= 15 is 0 Å². The van der Waals surface area contributed by atoms with Crippen molar-refractivity contribution in [3.8, 4) is 0 Å². The molecule has 0 saturated carbocycles. The summed E-state index contributed by atoms with van der Waals surface area (Å²) >= 11 is 0. The number of fused-ring (bicyclic) bond motifs is 3. The number of aryl methyl sites for hydroxylation is 3. The zero-order valence-corrected chi connectivity index (χ0v) is 17.0. The maximum atomic E-state index is 13.1. The van der Waals surface area contributed by atoms with Crippen LogP contribution in [-0.4, -0.2) is 46.0 Å². The van der Waals surface area contributed by atoms with Crippen molar-refractivity contribution in [2.24, 2.45) is 7.05 Å². The lowest BCUT2D eigenvalue weighted by Gasteiger charge is -2.11. The molecule has 3 rings (SSSR count). The third kappa shape index (κ3) is 3.18. The molecule has 3 aromatic rings. The van der Waals surface area contributed by atoms with Gasteiger partial charge in [0.2, 0.25) is 5.78 Å². The van der Waals surface area contributed by atoms with Gasteiger partial charge in [-0.25, -0.2) is 4.79 Å². The van der Waals surface area contributed by atoms with Gasteiger partial charge in [0.25, 0.3) is 5.56 Å². The summed E-state index contributed by atoms with van der Waals surface area (Å²) < 4.78 is 6.19. The summed E-state index contributed by atoms with van der Waals surface area (Å²) in [7, 11) is 1.56. The van der Waals surface area contributed by atoms with Gasteiger partial charge in [0, 0.05) is 25.0 Å². The van der Waals surface area contributed by atoms with Crippen LogP contribution in [0.15, 0.2) is 9.59 Å². The molecule has 1 atom stereocenters. The summed E-state index contributed by atoms with van der Waals surface area (Å²) in [6.07, 6.45) is 3.31. The quantitative estimate of drug-likeness (QED) is 0.550. The lowest BCUT2D eigenvalue weighted by Crippen LogP contribution is -2.42. The highest BCUT2D eigenvalue weighted by Gasteiger charge is 2.23. The number of unbranched alkanes of at least 4 members (excludes halogenated alkanes) is 3. The molecule has 0 aliphatic carbocycles. The molecule has 0 bridgehead atoms. The molecule has 0 amide bonds. The topological polar surface area (TPSA) is 107 Å². The molecule has 9 heteroatoms. The SMILES string of the molecule is CCCCCCn1c(C)c(C)n2c3c(=O)n(CC(O)CO)c(=O)n(C)c3nc12. The van der Waals surface area contributed by atoms with Gasteiger partial charge >= 0.3 is 5.69 Å². The first-order chi connectivity index (χ1) is 13.3. The Morgan fingerprint density at radius 1 is 1.07 bits per heavy atom. The molecule has 1 unspecified atom stereocenters. The number of imidazole rings is 2. The summed E-state index contributed by atoms with van der Waals surface area (Å²) in [6.45, 7) is 6.12. The number of hydrogen-bond donors (Lipinski definition) is 2. The van der Waals surface area contributed by atoms with Crippen molar-refractivity contribution in [3.05, 3.63) is 32.2 Å². The molecule has 0 aliphatic rings. The zero-order valence-electron chi connectivity index (χ0n) is 17.0. The highest BCUT2D eigenvalue weighted by atomic mass is 16.3. The van der Waals surface area contributed by atoms with Crippen LogP contribution in [0.25, 0.3) is 16.9 Å². The molecule has 0 fully saturated rings. The van der Waals surface area contributed by atoms with E-state index in [9.17, 15) is 14.7 Å². The number of aromatic nitrogens is 5. The van der Waals surface area contributed by atoms with Crippen LogP contribution in [0.4, 0.5) is 0 Å². The van der Waals surface area contributed by atoms with Crippen molar-refractivity contribution in [3.63, 3.8) is 0 Å². The van der Waals surface area contributed by atoms with E-state index in [1.165, 1.54) is 11.0 Å². The van der Waals surface area contributed by atoms with Crippen molar-refractivity contribution < 1.29 is 10.2 Å². The van der Waals surface area contributed by atoms with Crippen molar-refractivity contribution in [2.45, 2.75) is 65.6 Å². The summed E-state index contributed by atoms with van der Waals surface area (Å²) in [5, 5.41) is 18.8. The number of hydrogen-bond acceptors (Lipinski definition) is 5. The Labute approximate surface area is 162 Å². The Morgan fingerprint density at radius 3 is 2.43 bits per heavy atom. The fourth-order valence-electron chi connectivity index (χ4n) is 3.71. The zero-order chi connectivity index (χ0) is 20.6. The van der Waals surface area contributed by atoms with Crippen LogP contribution in [0, 0.1) is 13.8 Å². The second-order valence-corrected chi connectivity index (χ2v) is 7.40. The molecule has 3 aromatic heterocycles. The van der Waals surface area contributed by atoms with Gasteiger partial charge in [-0.2, -0.15) is 4.98 Å². The van der Waals surface area contributed by atoms with Gasteiger partial charge in [0.1, 0.15) is 0 Å². The first-order valence-electron chi connectivity index (χ1n) is 9.80. The average molecular weight is 391 g/mol. The molecule has 0 saturated heterocycles. The number of nitrogens with zero attached hydrogens (tertiary/aromatic N) is 5. The molecule has 0 aromatic carbocycles. The van der Waals surface area contributed by atoms with Gasteiger partial charge in [0.05, 0.1) is 19.3 Å². The molecule has 0 spiro atoms. The van der Waals surface area contributed by atoms with Crippen LogP contribution >= 0.6 is 0 Å². The van der Waals surface area contributed by atoms with Crippen LogP contribution in [0.2, 0.25) is 0 Å². The molecule has 0 aliphatic heterocycles. The van der Waals surface area contributed by atoms with Crippen LogP contribution < -0.4 is 11.2 Å². The van der Waals surface area contributed by atoms with E-state index < -0.39 is 24.0 Å². The van der Waals surface area contributed by atoms with E-state index in [0.29, 0.717) is 16.9 Å². The first kappa shape index (κ1) is 20.3. The standard InChI is InChI=1S/C19H29N5O4/c1-5-6-7-8-9-22-12(2)13(3)24-15-16(20-18(22)24)21(4)19(28)23(17(15)27)10-14(26)11-25/h14,25-26H,5-11H2,1-4H3. The Bertz CT molecular complexity index is 1120. The molecule has 2 N–H and O–H groups in total. The Morgan fingerprint density at radius 2 is 1.79 bits per heavy atom. The van der Waals surface area contributed by atoms with Gasteiger partial charge in [0.15, 0.2) is 11.2 Å². The predicted molar refractivity (Wildman–Crippen MR) is 107 cm³/mol. The van der Waals surface area contributed by atoms with Crippen molar-refractivity contribution in [1.82, 2.24) is 23.1 Å². The molecular formula is C19H29N5O4. The molecule has 154 valence electrons. The number of aliphatic hydroxyl groups excluding tert-OH is 2. The smallest absolute Gasteiger partial charge is 0.332 e. The monoisotopic (exact) mass is 391 g/mol. The second kappa shape index (κ2) is 7.92. The largest absolute Gasteiger partial charge is 0.394 e. The van der Waals surface area contributed by atoms with Crippen LogP contribution in [0.3, 0.4) is 0 Å². The van der Waals surface area contributed by atoms with Gasteiger partial charge in [-0.3, -0.25) is 18.3 Å². The maximum absolute atomic E-state index is 13.1. The molecule has 28 heavy (non-hydrogen) atoms. The van der Waals surface area contributed by atoms with Crippen molar-refractivity contribution in [2.75, 3.05) is 6.61 Å². The highest BCUT2D eigenvalue weighted by Crippen LogP contribution is 2.21. The molecule has 0 radical (unpaired) electrons. The predicted octanol–water partition coefficient (Wildman–Crippen LogP) is 0.700. The van der Waals surface area contributed by atoms with Crippen LogP contribution in [0.5, 0.6) is 0 Å². The molecule has 9 nitrogen and oxygen atoms in total. The summed E-state index contributed by atoms with van der Waals surface area (Å²) in [5.41, 5.74) is 1.51. The third-order valence-electron chi connectivity index (χ3n) is 5.47. The van der Waals surface area contributed by atoms with Gasteiger partial charge in [-0.05, 0) is 20.3 Å². The second-order valence-electron chi connectivity index (χ2n) is 7.40. The van der Waals surface area contributed by atoms with Gasteiger partial charge < -0.3 is 14.8 Å². The van der Waals surface area contributed by atoms with E-state index in [-0.39, 0.29) is 6.54 Å². The summed E-state index contributed by atoms with van der Waals surface area (Å²) in [6, 6.07) is 0. The van der Waals surface area contributed by atoms with E-state index in [1.807, 2.05) is 13.8 Å². The Kier molecular flexibility index (Phi) is 5.76. The average Bonchev–Trinajstić information content (AvgIpc) is 3.17. The summed E-state index contributed by atoms with van der Waals surface area (Å²) in [5.74, 6) is 0.647. The van der Waals surface area contributed by atoms with Crippen molar-refractivity contribution >= 4 is 16.9 Å². The lowest BCUT2D eigenvalue weighted by atomic mass is 10.2. The Balaban J connectivity index is 2.24. The lowest BCUT2D eigenvalue weighted by molar-refractivity contribution is 0.0791.